The molecule has 26 heavy (non-hydrogen) atoms. The van der Waals surface area contributed by atoms with Gasteiger partial charge in [0.05, 0.1) is 12.3 Å². The minimum Gasteiger partial charge on any atom is -0.338 e. The summed E-state index contributed by atoms with van der Waals surface area (Å²) in [5.74, 6) is 0.395. The van der Waals surface area contributed by atoms with Gasteiger partial charge in [-0.25, -0.2) is 4.68 Å². The molecule has 134 valence electrons. The van der Waals surface area contributed by atoms with Crippen molar-refractivity contribution < 1.29 is 4.79 Å². The molecular weight excluding hydrogens is 346 g/mol. The summed E-state index contributed by atoms with van der Waals surface area (Å²) in [6.45, 7) is 3.87. The van der Waals surface area contributed by atoms with Crippen LogP contribution in [0, 0.1) is 0 Å². The second-order valence-corrected chi connectivity index (χ2v) is 6.73. The van der Waals surface area contributed by atoms with Crippen LogP contribution in [0.2, 0.25) is 0 Å². The third-order valence-corrected chi connectivity index (χ3v) is 4.89. The van der Waals surface area contributed by atoms with Crippen LogP contribution in [-0.4, -0.2) is 43.3 Å². The van der Waals surface area contributed by atoms with Crippen molar-refractivity contribution in [2.75, 3.05) is 12.3 Å². The number of aromatic nitrogens is 4. The zero-order valence-corrected chi connectivity index (χ0v) is 15.5. The van der Waals surface area contributed by atoms with E-state index in [-0.39, 0.29) is 5.91 Å². The normalized spacial score (nSPS) is 10.7. The molecule has 0 atom stereocenters. The fraction of sp³-hybridized carbons (Fsp3) is 0.263. The number of carbonyl (C=O) groups excluding carboxylic acids is 1. The van der Waals surface area contributed by atoms with Crippen LogP contribution in [-0.2, 0) is 17.9 Å². The lowest BCUT2D eigenvalue weighted by molar-refractivity contribution is -0.128. The fourth-order valence-corrected chi connectivity index (χ4v) is 3.33. The smallest absolute Gasteiger partial charge is 0.233 e. The minimum absolute atomic E-state index is 0.0793. The van der Waals surface area contributed by atoms with E-state index in [2.05, 4.69) is 15.5 Å². The molecule has 0 N–H and O–H groups in total. The molecule has 0 radical (unpaired) electrons. The molecule has 3 aromatic rings. The number of nitrogens with zero attached hydrogens (tertiary/aromatic N) is 5. The number of carbonyl (C=O) groups is 1. The molecule has 0 aliphatic carbocycles. The first-order chi connectivity index (χ1) is 12.8. The van der Waals surface area contributed by atoms with Gasteiger partial charge in [0.2, 0.25) is 11.1 Å². The molecular formula is C19H21N5OS. The van der Waals surface area contributed by atoms with E-state index in [1.807, 2.05) is 72.5 Å². The topological polar surface area (TPSA) is 63.9 Å². The van der Waals surface area contributed by atoms with Crippen LogP contribution in [0.5, 0.6) is 0 Å². The Morgan fingerprint density at radius 3 is 2.35 bits per heavy atom. The van der Waals surface area contributed by atoms with Crippen molar-refractivity contribution in [1.29, 1.82) is 0 Å². The van der Waals surface area contributed by atoms with Crippen LogP contribution in [0.4, 0.5) is 0 Å². The molecule has 0 saturated carbocycles. The number of benzene rings is 2. The Hall–Kier alpha value is -2.67. The van der Waals surface area contributed by atoms with Crippen LogP contribution in [0.3, 0.4) is 0 Å². The fourth-order valence-electron chi connectivity index (χ4n) is 2.55. The zero-order valence-electron chi connectivity index (χ0n) is 14.7. The summed E-state index contributed by atoms with van der Waals surface area (Å²) in [6.07, 6.45) is 0. The first kappa shape index (κ1) is 18.1. The van der Waals surface area contributed by atoms with Gasteiger partial charge in [0.1, 0.15) is 0 Å². The lowest BCUT2D eigenvalue weighted by atomic mass is 10.2. The van der Waals surface area contributed by atoms with Gasteiger partial charge in [-0.2, -0.15) is 0 Å². The number of hydrogen-bond donors (Lipinski definition) is 0. The Morgan fingerprint density at radius 1 is 1.04 bits per heavy atom. The van der Waals surface area contributed by atoms with Crippen molar-refractivity contribution in [2.24, 2.45) is 0 Å². The number of thioether (sulfide) groups is 1. The van der Waals surface area contributed by atoms with E-state index < -0.39 is 0 Å². The van der Waals surface area contributed by atoms with Crippen molar-refractivity contribution in [1.82, 2.24) is 25.1 Å². The SMILES string of the molecule is CCN(Cc1ccccc1)C(=O)CSc1nnnn1Cc1ccccc1. The van der Waals surface area contributed by atoms with Crippen LogP contribution in [0.1, 0.15) is 18.1 Å². The predicted octanol–water partition coefficient (Wildman–Crippen LogP) is 2.86. The van der Waals surface area contributed by atoms with Gasteiger partial charge in [-0.3, -0.25) is 4.79 Å². The first-order valence-corrected chi connectivity index (χ1v) is 9.49. The second kappa shape index (κ2) is 9.15. The molecule has 1 aromatic heterocycles. The highest BCUT2D eigenvalue weighted by atomic mass is 32.2. The average Bonchev–Trinajstić information content (AvgIpc) is 3.12. The van der Waals surface area contributed by atoms with Gasteiger partial charge in [-0.1, -0.05) is 72.4 Å². The van der Waals surface area contributed by atoms with Crippen LogP contribution in [0.25, 0.3) is 0 Å². The summed E-state index contributed by atoms with van der Waals surface area (Å²) in [5.41, 5.74) is 2.24. The van der Waals surface area contributed by atoms with Crippen LogP contribution in [0.15, 0.2) is 65.8 Å². The maximum atomic E-state index is 12.6. The Kier molecular flexibility index (Phi) is 6.38. The molecule has 0 aliphatic heterocycles. The van der Waals surface area contributed by atoms with Gasteiger partial charge >= 0.3 is 0 Å². The highest BCUT2D eigenvalue weighted by Crippen LogP contribution is 2.16. The summed E-state index contributed by atoms with van der Waals surface area (Å²) >= 11 is 1.37. The summed E-state index contributed by atoms with van der Waals surface area (Å²) in [4.78, 5) is 14.4. The Labute approximate surface area is 157 Å². The van der Waals surface area contributed by atoms with E-state index >= 15 is 0 Å². The van der Waals surface area contributed by atoms with Crippen molar-refractivity contribution >= 4 is 17.7 Å². The highest BCUT2D eigenvalue weighted by molar-refractivity contribution is 7.99. The Morgan fingerprint density at radius 2 is 1.69 bits per heavy atom. The molecule has 0 bridgehead atoms. The van der Waals surface area contributed by atoms with E-state index in [1.54, 1.807) is 4.68 Å². The van der Waals surface area contributed by atoms with Gasteiger partial charge < -0.3 is 4.90 Å². The van der Waals surface area contributed by atoms with E-state index in [4.69, 9.17) is 0 Å². The van der Waals surface area contributed by atoms with E-state index in [9.17, 15) is 4.79 Å². The number of rotatable bonds is 8. The number of hydrogen-bond acceptors (Lipinski definition) is 5. The van der Waals surface area contributed by atoms with Crippen LogP contribution >= 0.6 is 11.8 Å². The molecule has 0 unspecified atom stereocenters. The van der Waals surface area contributed by atoms with Gasteiger partial charge in [0, 0.05) is 13.1 Å². The molecule has 6 nitrogen and oxygen atoms in total. The van der Waals surface area contributed by atoms with Gasteiger partial charge in [-0.15, -0.1) is 5.10 Å². The monoisotopic (exact) mass is 367 g/mol. The second-order valence-electron chi connectivity index (χ2n) is 5.79. The molecule has 1 amide bonds. The predicted molar refractivity (Wildman–Crippen MR) is 102 cm³/mol. The standard InChI is InChI=1S/C19H21N5OS/c1-2-23(13-16-9-5-3-6-10-16)18(25)15-26-19-20-21-22-24(19)14-17-11-7-4-8-12-17/h3-12H,2,13-15H2,1H3. The van der Waals surface area contributed by atoms with Crippen molar-refractivity contribution in [3.05, 3.63) is 71.8 Å². The third-order valence-electron chi connectivity index (χ3n) is 3.95. The molecule has 0 spiro atoms. The summed E-state index contributed by atoms with van der Waals surface area (Å²) < 4.78 is 1.72. The van der Waals surface area contributed by atoms with Crippen molar-refractivity contribution in [2.45, 2.75) is 25.2 Å². The molecule has 3 rings (SSSR count). The Balaban J connectivity index is 1.58. The first-order valence-electron chi connectivity index (χ1n) is 8.51. The third kappa shape index (κ3) is 4.92. The van der Waals surface area contributed by atoms with E-state index in [0.29, 0.717) is 30.5 Å². The van der Waals surface area contributed by atoms with Gasteiger partial charge in [0.15, 0.2) is 0 Å². The van der Waals surface area contributed by atoms with E-state index in [1.165, 1.54) is 11.8 Å². The maximum Gasteiger partial charge on any atom is 0.233 e. The maximum absolute atomic E-state index is 12.6. The minimum atomic E-state index is 0.0793. The molecule has 7 heteroatoms. The van der Waals surface area contributed by atoms with E-state index in [0.717, 1.165) is 11.1 Å². The summed E-state index contributed by atoms with van der Waals surface area (Å²) in [7, 11) is 0. The molecule has 0 aliphatic rings. The quantitative estimate of drug-likeness (QED) is 0.573. The highest BCUT2D eigenvalue weighted by Gasteiger charge is 2.15. The largest absolute Gasteiger partial charge is 0.338 e. The van der Waals surface area contributed by atoms with Gasteiger partial charge in [-0.05, 0) is 28.5 Å². The van der Waals surface area contributed by atoms with Gasteiger partial charge in [0.25, 0.3) is 0 Å². The number of tetrazole rings is 1. The molecule has 0 saturated heterocycles. The molecule has 1 heterocycles. The molecule has 2 aromatic carbocycles. The average molecular weight is 367 g/mol. The van der Waals surface area contributed by atoms with Crippen molar-refractivity contribution in [3.8, 4) is 0 Å². The Bertz CT molecular complexity index is 822. The summed E-state index contributed by atoms with van der Waals surface area (Å²) in [6, 6.07) is 20.0. The summed E-state index contributed by atoms with van der Waals surface area (Å²) in [5, 5.41) is 12.5. The number of amides is 1. The lowest BCUT2D eigenvalue weighted by Crippen LogP contribution is -2.31. The zero-order chi connectivity index (χ0) is 18.2. The lowest BCUT2D eigenvalue weighted by Gasteiger charge is -2.20. The van der Waals surface area contributed by atoms with Crippen LogP contribution < -0.4 is 0 Å². The molecule has 0 fully saturated rings. The van der Waals surface area contributed by atoms with Crippen molar-refractivity contribution in [3.63, 3.8) is 0 Å².